The third-order valence-electron chi connectivity index (χ3n) is 7.48. The molecule has 196 valence electrons. The molecule has 0 amide bonds. The fraction of sp³-hybridized carbons (Fsp3) is 0.774. The second-order valence-corrected chi connectivity index (χ2v) is 11.0. The van der Waals surface area contributed by atoms with Crippen molar-refractivity contribution in [3.63, 3.8) is 0 Å². The van der Waals surface area contributed by atoms with Gasteiger partial charge in [-0.1, -0.05) is 121 Å². The van der Waals surface area contributed by atoms with Crippen LogP contribution in [0.15, 0.2) is 30.3 Å². The third kappa shape index (κ3) is 15.5. The highest BCUT2D eigenvalue weighted by molar-refractivity contribution is 5.66. The van der Waals surface area contributed by atoms with Crippen molar-refractivity contribution in [2.45, 2.75) is 135 Å². The number of hydrogen-bond acceptors (Lipinski definition) is 1. The van der Waals surface area contributed by atoms with Gasteiger partial charge < -0.3 is 9.59 Å². The number of carboxylic acids is 1. The Labute approximate surface area is 211 Å². The van der Waals surface area contributed by atoms with Crippen molar-refractivity contribution >= 4 is 5.97 Å². The van der Waals surface area contributed by atoms with Crippen molar-refractivity contribution in [2.24, 2.45) is 0 Å². The zero-order chi connectivity index (χ0) is 24.9. The molecule has 0 heterocycles. The predicted molar refractivity (Wildman–Crippen MR) is 147 cm³/mol. The van der Waals surface area contributed by atoms with Crippen LogP contribution in [0, 0.1) is 0 Å². The van der Waals surface area contributed by atoms with E-state index in [0.29, 0.717) is 12.5 Å². The second kappa shape index (κ2) is 19.9. The molecule has 3 nitrogen and oxygen atoms in total. The molecule has 1 unspecified atom stereocenters. The molecule has 0 spiro atoms. The molecule has 1 N–H and O–H groups in total. The summed E-state index contributed by atoms with van der Waals surface area (Å²) in [7, 11) is 4.72. The minimum Gasteiger partial charge on any atom is -0.481 e. The van der Waals surface area contributed by atoms with Gasteiger partial charge in [-0.3, -0.25) is 4.79 Å². The summed E-state index contributed by atoms with van der Waals surface area (Å²) in [6.07, 6.45) is 24.1. The minimum absolute atomic E-state index is 0.300. The Bertz CT molecular complexity index is 599. The van der Waals surface area contributed by atoms with Gasteiger partial charge in [0.25, 0.3) is 0 Å². The smallest absolute Gasteiger partial charge is 0.303 e. The first-order chi connectivity index (χ1) is 16.5. The van der Waals surface area contributed by atoms with Crippen LogP contribution >= 0.6 is 0 Å². The van der Waals surface area contributed by atoms with E-state index in [4.69, 9.17) is 5.11 Å². The van der Waals surface area contributed by atoms with E-state index in [1.165, 1.54) is 102 Å². The molecule has 34 heavy (non-hydrogen) atoms. The van der Waals surface area contributed by atoms with Crippen LogP contribution in [0.4, 0.5) is 0 Å². The largest absolute Gasteiger partial charge is 0.481 e. The molecular formula is C31H56NO2+. The summed E-state index contributed by atoms with van der Waals surface area (Å²) < 4.78 is 0.996. The van der Waals surface area contributed by atoms with Gasteiger partial charge in [0.2, 0.25) is 0 Å². The lowest BCUT2D eigenvalue weighted by Crippen LogP contribution is -2.44. The van der Waals surface area contributed by atoms with Gasteiger partial charge in [-0.05, 0) is 25.7 Å². The van der Waals surface area contributed by atoms with E-state index in [-0.39, 0.29) is 0 Å². The van der Waals surface area contributed by atoms with Gasteiger partial charge in [0.1, 0.15) is 6.04 Å². The minimum atomic E-state index is -0.672. The maximum atomic E-state index is 10.8. The standard InChI is InChI=1S/C31H55NO2/c1-4-5-6-7-8-9-10-11-12-13-14-15-16-21-26-30(29-24-19-17-20-25-29)32(2,3)28-23-18-22-27-31(33)34/h17,19-20,24-25,30H,4-16,18,21-23,26-28H2,1-3H3/p+1. The fourth-order valence-electron chi connectivity index (χ4n) is 5.26. The maximum Gasteiger partial charge on any atom is 0.303 e. The molecule has 0 radical (unpaired) electrons. The molecule has 0 fully saturated rings. The van der Waals surface area contributed by atoms with Crippen molar-refractivity contribution < 1.29 is 14.4 Å². The molecule has 0 aromatic heterocycles. The molecule has 0 bridgehead atoms. The first kappa shape index (κ1) is 30.7. The Hall–Kier alpha value is -1.35. The first-order valence-electron chi connectivity index (χ1n) is 14.6. The van der Waals surface area contributed by atoms with Gasteiger partial charge in [0.15, 0.2) is 0 Å². The number of hydrogen-bond donors (Lipinski definition) is 1. The number of benzene rings is 1. The zero-order valence-electron chi connectivity index (χ0n) is 22.9. The first-order valence-corrected chi connectivity index (χ1v) is 14.6. The average molecular weight is 475 g/mol. The summed E-state index contributed by atoms with van der Waals surface area (Å²) >= 11 is 0. The van der Waals surface area contributed by atoms with Gasteiger partial charge in [-0.25, -0.2) is 0 Å². The summed E-state index contributed by atoms with van der Waals surface area (Å²) in [5.41, 5.74) is 1.45. The molecular weight excluding hydrogens is 418 g/mol. The van der Waals surface area contributed by atoms with Gasteiger partial charge in [-0.2, -0.15) is 0 Å². The topological polar surface area (TPSA) is 37.3 Å². The van der Waals surface area contributed by atoms with E-state index in [2.05, 4.69) is 51.4 Å². The van der Waals surface area contributed by atoms with Gasteiger partial charge in [0, 0.05) is 18.4 Å². The third-order valence-corrected chi connectivity index (χ3v) is 7.48. The fourth-order valence-corrected chi connectivity index (χ4v) is 5.26. The van der Waals surface area contributed by atoms with Crippen LogP contribution in [0.25, 0.3) is 0 Å². The molecule has 1 aromatic carbocycles. The van der Waals surface area contributed by atoms with Crippen LogP contribution in [0.2, 0.25) is 0 Å². The SMILES string of the molecule is CCCCCCCCCCCCCCCCC(c1ccccc1)[N+](C)(C)CCCCCC(=O)O. The van der Waals surface area contributed by atoms with E-state index in [0.717, 1.165) is 30.3 Å². The van der Waals surface area contributed by atoms with E-state index in [9.17, 15) is 4.79 Å². The van der Waals surface area contributed by atoms with Gasteiger partial charge in [0.05, 0.1) is 20.6 Å². The van der Waals surface area contributed by atoms with Crippen LogP contribution in [0.1, 0.15) is 141 Å². The Kier molecular flexibility index (Phi) is 18.0. The van der Waals surface area contributed by atoms with Crippen LogP contribution in [-0.2, 0) is 4.79 Å². The van der Waals surface area contributed by atoms with E-state index < -0.39 is 5.97 Å². The Morgan fingerprint density at radius 1 is 0.706 bits per heavy atom. The zero-order valence-corrected chi connectivity index (χ0v) is 22.9. The normalized spacial score (nSPS) is 12.7. The molecule has 1 atom stereocenters. The van der Waals surface area contributed by atoms with E-state index >= 15 is 0 Å². The Balaban J connectivity index is 2.23. The Morgan fingerprint density at radius 2 is 1.18 bits per heavy atom. The summed E-state index contributed by atoms with van der Waals surface area (Å²) in [5.74, 6) is -0.672. The van der Waals surface area contributed by atoms with Crippen molar-refractivity contribution in [2.75, 3.05) is 20.6 Å². The average Bonchev–Trinajstić information content (AvgIpc) is 2.81. The molecule has 1 rings (SSSR count). The van der Waals surface area contributed by atoms with E-state index in [1.54, 1.807) is 0 Å². The number of nitrogens with zero attached hydrogens (tertiary/aromatic N) is 1. The molecule has 0 aliphatic rings. The number of rotatable bonds is 23. The van der Waals surface area contributed by atoms with Crippen molar-refractivity contribution in [3.8, 4) is 0 Å². The number of carboxylic acid groups (broad SMARTS) is 1. The number of aliphatic carboxylic acids is 1. The molecule has 1 aromatic rings. The van der Waals surface area contributed by atoms with Crippen LogP contribution in [0.3, 0.4) is 0 Å². The summed E-state index contributed by atoms with van der Waals surface area (Å²) in [4.78, 5) is 10.8. The second-order valence-electron chi connectivity index (χ2n) is 11.0. The maximum absolute atomic E-state index is 10.8. The molecule has 0 saturated carbocycles. The lowest BCUT2D eigenvalue weighted by atomic mass is 9.96. The number of carbonyl (C=O) groups is 1. The highest BCUT2D eigenvalue weighted by Crippen LogP contribution is 2.31. The quantitative estimate of drug-likeness (QED) is 0.127. The van der Waals surface area contributed by atoms with Crippen LogP contribution in [-0.4, -0.2) is 36.2 Å². The monoisotopic (exact) mass is 474 g/mol. The molecule has 3 heteroatoms. The van der Waals surface area contributed by atoms with Gasteiger partial charge >= 0.3 is 5.97 Å². The van der Waals surface area contributed by atoms with Crippen molar-refractivity contribution in [1.29, 1.82) is 0 Å². The summed E-state index contributed by atoms with van der Waals surface area (Å²) in [5, 5.41) is 8.86. The molecule has 0 aliphatic carbocycles. The lowest BCUT2D eigenvalue weighted by Gasteiger charge is -2.39. The number of quaternary nitrogens is 1. The summed E-state index contributed by atoms with van der Waals surface area (Å²) in [6, 6.07) is 11.6. The predicted octanol–water partition coefficient (Wildman–Crippen LogP) is 9.32. The van der Waals surface area contributed by atoms with Crippen molar-refractivity contribution in [3.05, 3.63) is 35.9 Å². The lowest BCUT2D eigenvalue weighted by molar-refractivity contribution is -0.921. The highest BCUT2D eigenvalue weighted by Gasteiger charge is 2.28. The van der Waals surface area contributed by atoms with Crippen LogP contribution < -0.4 is 0 Å². The van der Waals surface area contributed by atoms with Gasteiger partial charge in [-0.15, -0.1) is 0 Å². The van der Waals surface area contributed by atoms with E-state index in [1.807, 2.05) is 0 Å². The summed E-state index contributed by atoms with van der Waals surface area (Å²) in [6.45, 7) is 3.40. The van der Waals surface area contributed by atoms with Crippen LogP contribution in [0.5, 0.6) is 0 Å². The highest BCUT2D eigenvalue weighted by atomic mass is 16.4. The number of unbranched alkanes of at least 4 members (excludes halogenated alkanes) is 15. The molecule has 0 saturated heterocycles. The van der Waals surface area contributed by atoms with Crippen molar-refractivity contribution in [1.82, 2.24) is 0 Å². The molecule has 0 aliphatic heterocycles. The Morgan fingerprint density at radius 3 is 1.68 bits per heavy atom.